The van der Waals surface area contributed by atoms with Crippen molar-refractivity contribution in [3.05, 3.63) is 24.3 Å². The Labute approximate surface area is 133 Å². The van der Waals surface area contributed by atoms with Crippen LogP contribution >= 0.6 is 23.1 Å². The van der Waals surface area contributed by atoms with Crippen LogP contribution in [0.4, 0.5) is 0 Å². The molecular weight excluding hydrogens is 298 g/mol. The van der Waals surface area contributed by atoms with Crippen LogP contribution in [-0.2, 0) is 4.79 Å². The van der Waals surface area contributed by atoms with E-state index in [1.807, 2.05) is 18.2 Å². The number of hydrogen-bond acceptors (Lipinski definition) is 4. The van der Waals surface area contributed by atoms with Gasteiger partial charge in [-0.2, -0.15) is 0 Å². The van der Waals surface area contributed by atoms with Gasteiger partial charge in [0, 0.05) is 5.92 Å². The highest BCUT2D eigenvalue weighted by atomic mass is 32.2. The number of carbonyl (C=O) groups excluding carboxylic acids is 1. The molecule has 0 spiro atoms. The molecule has 2 aromatic rings. The molecule has 0 N–H and O–H groups in total. The molecule has 1 aromatic heterocycles. The Kier molecular flexibility index (Phi) is 2.84. The molecule has 0 unspecified atom stereocenters. The number of nitrogens with zero attached hydrogens (tertiary/aromatic N) is 1. The second-order valence-electron chi connectivity index (χ2n) is 7.08. The molecule has 4 heteroatoms. The van der Waals surface area contributed by atoms with E-state index in [2.05, 4.69) is 26.8 Å². The molecule has 0 saturated heterocycles. The van der Waals surface area contributed by atoms with Gasteiger partial charge in [-0.1, -0.05) is 44.7 Å². The van der Waals surface area contributed by atoms with E-state index in [9.17, 15) is 4.79 Å². The summed E-state index contributed by atoms with van der Waals surface area (Å²) in [5.74, 6) is 0.701. The number of thioether (sulfide) groups is 1. The molecule has 110 valence electrons. The predicted molar refractivity (Wildman–Crippen MR) is 88.9 cm³/mol. The number of rotatable bonds is 2. The number of Topliss-reactive ketones (excluding diaryl/α,β-unsaturated/α-hetero) is 1. The number of hydrogen-bond donors (Lipinski definition) is 0. The lowest BCUT2D eigenvalue weighted by Gasteiger charge is -2.37. The Bertz CT molecular complexity index is 702. The molecule has 21 heavy (non-hydrogen) atoms. The van der Waals surface area contributed by atoms with Gasteiger partial charge in [-0.3, -0.25) is 4.79 Å². The maximum absolute atomic E-state index is 12.8. The summed E-state index contributed by atoms with van der Waals surface area (Å²) in [6.07, 6.45) is 2.23. The average molecular weight is 317 g/mol. The standard InChI is InChI=1S/C17H19NOS2/c1-16(2)10-8-9-17(16,3)14(13(10)19)21-15-18-11-6-4-5-7-12(11)20-15/h4-7,10,14H,8-9H2,1-3H3/t10-,14-,17+/m1/s1. The number of para-hydroxylation sites is 1. The van der Waals surface area contributed by atoms with Crippen molar-refractivity contribution in [2.45, 2.75) is 43.2 Å². The maximum atomic E-state index is 12.8. The molecule has 1 aromatic carbocycles. The normalized spacial score (nSPS) is 34.0. The number of ketones is 1. The number of thiazole rings is 1. The Morgan fingerprint density at radius 2 is 2.05 bits per heavy atom. The fraction of sp³-hybridized carbons (Fsp3) is 0.529. The van der Waals surface area contributed by atoms with E-state index in [1.54, 1.807) is 23.1 Å². The summed E-state index contributed by atoms with van der Waals surface area (Å²) in [5, 5.41) is 0.0758. The third kappa shape index (κ3) is 1.72. The van der Waals surface area contributed by atoms with Crippen molar-refractivity contribution in [2.75, 3.05) is 0 Å². The Morgan fingerprint density at radius 1 is 1.29 bits per heavy atom. The third-order valence-electron chi connectivity index (χ3n) is 5.97. The molecular formula is C17H19NOS2. The monoisotopic (exact) mass is 317 g/mol. The third-order valence-corrected chi connectivity index (χ3v) is 8.62. The quantitative estimate of drug-likeness (QED) is 0.798. The molecule has 1 heterocycles. The molecule has 0 amide bonds. The van der Waals surface area contributed by atoms with E-state index < -0.39 is 0 Å². The number of fused-ring (bicyclic) bond motifs is 3. The van der Waals surface area contributed by atoms with Gasteiger partial charge >= 0.3 is 0 Å². The lowest BCUT2D eigenvalue weighted by atomic mass is 9.71. The first kappa shape index (κ1) is 13.8. The highest BCUT2D eigenvalue weighted by molar-refractivity contribution is 8.02. The van der Waals surface area contributed by atoms with Crippen LogP contribution in [0.5, 0.6) is 0 Å². The van der Waals surface area contributed by atoms with Crippen LogP contribution in [0.25, 0.3) is 10.2 Å². The fourth-order valence-corrected chi connectivity index (χ4v) is 6.94. The van der Waals surface area contributed by atoms with Crippen LogP contribution in [0.2, 0.25) is 0 Å². The van der Waals surface area contributed by atoms with E-state index in [0.717, 1.165) is 16.3 Å². The minimum Gasteiger partial charge on any atom is -0.298 e. The highest BCUT2D eigenvalue weighted by Crippen LogP contribution is 2.67. The summed E-state index contributed by atoms with van der Waals surface area (Å²) in [4.78, 5) is 17.5. The van der Waals surface area contributed by atoms with Gasteiger partial charge in [0.05, 0.1) is 15.5 Å². The van der Waals surface area contributed by atoms with E-state index >= 15 is 0 Å². The van der Waals surface area contributed by atoms with Crippen molar-refractivity contribution in [1.29, 1.82) is 0 Å². The van der Waals surface area contributed by atoms with Crippen LogP contribution in [0.3, 0.4) is 0 Å². The summed E-state index contributed by atoms with van der Waals surface area (Å²) in [6.45, 7) is 6.87. The van der Waals surface area contributed by atoms with Crippen LogP contribution < -0.4 is 0 Å². The Morgan fingerprint density at radius 3 is 2.71 bits per heavy atom. The SMILES string of the molecule is CC1(C)[C@@H]2CC[C@@]1(C)[C@H](Sc1nc3ccccc3s1)C2=O. The number of carbonyl (C=O) groups is 1. The first-order valence-electron chi connectivity index (χ1n) is 7.49. The zero-order valence-electron chi connectivity index (χ0n) is 12.6. The van der Waals surface area contributed by atoms with E-state index in [0.29, 0.717) is 5.78 Å². The minimum atomic E-state index is 0.0758. The summed E-state index contributed by atoms with van der Waals surface area (Å²) in [6, 6.07) is 8.21. The van der Waals surface area contributed by atoms with E-state index in [-0.39, 0.29) is 22.0 Å². The van der Waals surface area contributed by atoms with Gasteiger partial charge in [0.25, 0.3) is 0 Å². The predicted octanol–water partition coefficient (Wildman–Crippen LogP) is 4.78. The smallest absolute Gasteiger partial charge is 0.151 e. The van der Waals surface area contributed by atoms with Gasteiger partial charge in [0.2, 0.25) is 0 Å². The lowest BCUT2D eigenvalue weighted by molar-refractivity contribution is -0.122. The van der Waals surface area contributed by atoms with Crippen molar-refractivity contribution in [2.24, 2.45) is 16.7 Å². The van der Waals surface area contributed by atoms with Gasteiger partial charge in [-0.05, 0) is 35.8 Å². The molecule has 0 aliphatic heterocycles. The minimum absolute atomic E-state index is 0.0758. The zero-order chi connectivity index (χ0) is 14.8. The van der Waals surface area contributed by atoms with Crippen LogP contribution in [0, 0.1) is 16.7 Å². The van der Waals surface area contributed by atoms with E-state index in [1.165, 1.54) is 11.1 Å². The van der Waals surface area contributed by atoms with Crippen molar-refractivity contribution < 1.29 is 4.79 Å². The van der Waals surface area contributed by atoms with Crippen molar-refractivity contribution in [3.63, 3.8) is 0 Å². The summed E-state index contributed by atoms with van der Waals surface area (Å²) in [7, 11) is 0. The lowest BCUT2D eigenvalue weighted by Crippen LogP contribution is -2.35. The average Bonchev–Trinajstić information content (AvgIpc) is 2.98. The van der Waals surface area contributed by atoms with Crippen molar-refractivity contribution >= 4 is 39.1 Å². The topological polar surface area (TPSA) is 30.0 Å². The van der Waals surface area contributed by atoms with Gasteiger partial charge in [-0.15, -0.1) is 11.3 Å². The molecule has 2 saturated carbocycles. The molecule has 2 aliphatic carbocycles. The number of benzene rings is 1. The van der Waals surface area contributed by atoms with Gasteiger partial charge in [-0.25, -0.2) is 4.98 Å². The number of aromatic nitrogens is 1. The van der Waals surface area contributed by atoms with Crippen molar-refractivity contribution in [3.8, 4) is 0 Å². The summed E-state index contributed by atoms with van der Waals surface area (Å²) < 4.78 is 2.25. The van der Waals surface area contributed by atoms with Crippen LogP contribution in [0.1, 0.15) is 33.6 Å². The first-order valence-corrected chi connectivity index (χ1v) is 9.19. The molecule has 2 nitrogen and oxygen atoms in total. The Hall–Kier alpha value is -0.870. The van der Waals surface area contributed by atoms with E-state index in [4.69, 9.17) is 4.98 Å². The molecule has 2 bridgehead atoms. The largest absolute Gasteiger partial charge is 0.298 e. The highest BCUT2D eigenvalue weighted by Gasteiger charge is 2.66. The molecule has 0 radical (unpaired) electrons. The van der Waals surface area contributed by atoms with Gasteiger partial charge in [0.1, 0.15) is 5.78 Å². The molecule has 3 atom stereocenters. The van der Waals surface area contributed by atoms with Gasteiger partial charge < -0.3 is 0 Å². The van der Waals surface area contributed by atoms with Gasteiger partial charge in [0.15, 0.2) is 4.34 Å². The van der Waals surface area contributed by atoms with Crippen LogP contribution in [0.15, 0.2) is 28.6 Å². The molecule has 4 rings (SSSR count). The Balaban J connectivity index is 1.70. The molecule has 2 aliphatic rings. The maximum Gasteiger partial charge on any atom is 0.151 e. The summed E-state index contributed by atoms with van der Waals surface area (Å²) in [5.41, 5.74) is 1.28. The second kappa shape index (κ2) is 4.32. The summed E-state index contributed by atoms with van der Waals surface area (Å²) >= 11 is 3.42. The molecule has 2 fully saturated rings. The fourth-order valence-electron chi connectivity index (χ4n) is 4.18. The van der Waals surface area contributed by atoms with Crippen molar-refractivity contribution in [1.82, 2.24) is 4.98 Å². The first-order chi connectivity index (χ1) is 9.93. The van der Waals surface area contributed by atoms with Crippen LogP contribution in [-0.4, -0.2) is 16.0 Å². The second-order valence-corrected chi connectivity index (χ2v) is 9.46. The zero-order valence-corrected chi connectivity index (χ0v) is 14.2.